The molecule has 1 aromatic carbocycles. The molecule has 0 fully saturated rings. The van der Waals surface area contributed by atoms with E-state index in [1.165, 1.54) is 17.5 Å². The second-order valence-electron chi connectivity index (χ2n) is 3.94. The first-order valence-corrected chi connectivity index (χ1v) is 5.77. The molecular formula is C12H17BO2. The van der Waals surface area contributed by atoms with E-state index < -0.39 is 0 Å². The summed E-state index contributed by atoms with van der Waals surface area (Å²) in [5.74, 6) is 1.90. The molecule has 3 heteroatoms. The van der Waals surface area contributed by atoms with Crippen molar-refractivity contribution in [2.45, 2.75) is 39.5 Å². The third-order valence-electron chi connectivity index (χ3n) is 2.76. The average Bonchev–Trinajstić information content (AvgIpc) is 2.70. The van der Waals surface area contributed by atoms with Crippen LogP contribution in [0.5, 0.6) is 11.5 Å². The molecule has 2 rings (SSSR count). The topological polar surface area (TPSA) is 18.5 Å². The van der Waals surface area contributed by atoms with Crippen molar-refractivity contribution in [3.63, 3.8) is 0 Å². The Kier molecular flexibility index (Phi) is 3.19. The molecule has 1 heterocycles. The number of aryl methyl sites for hydroxylation is 1. The second-order valence-corrected chi connectivity index (χ2v) is 3.94. The van der Waals surface area contributed by atoms with E-state index in [2.05, 4.69) is 19.9 Å². The van der Waals surface area contributed by atoms with Crippen molar-refractivity contribution in [2.75, 3.05) is 0 Å². The van der Waals surface area contributed by atoms with Gasteiger partial charge in [-0.25, -0.2) is 0 Å². The van der Waals surface area contributed by atoms with Crippen LogP contribution in [0, 0.1) is 0 Å². The van der Waals surface area contributed by atoms with Crippen LogP contribution in [0.4, 0.5) is 0 Å². The van der Waals surface area contributed by atoms with Gasteiger partial charge in [-0.15, -0.1) is 0 Å². The molecule has 0 aliphatic carbocycles. The lowest BCUT2D eigenvalue weighted by atomic mass is 9.98. The van der Waals surface area contributed by atoms with Crippen LogP contribution >= 0.6 is 0 Å². The fraction of sp³-hybridized carbons (Fsp3) is 0.500. The number of fused-ring (bicyclic) bond motifs is 1. The van der Waals surface area contributed by atoms with E-state index in [9.17, 15) is 0 Å². The van der Waals surface area contributed by atoms with Crippen LogP contribution in [0.1, 0.15) is 37.8 Å². The highest BCUT2D eigenvalue weighted by Crippen LogP contribution is 2.37. The first-order chi connectivity index (χ1) is 7.36. The van der Waals surface area contributed by atoms with Crippen LogP contribution in [-0.2, 0) is 12.8 Å². The summed E-state index contributed by atoms with van der Waals surface area (Å²) in [4.78, 5) is 0. The molecule has 80 valence electrons. The maximum Gasteiger partial charge on any atom is 0.576 e. The van der Waals surface area contributed by atoms with Gasteiger partial charge in [-0.3, -0.25) is 0 Å². The molecule has 0 amide bonds. The quantitative estimate of drug-likeness (QED) is 0.702. The Morgan fingerprint density at radius 3 is 2.60 bits per heavy atom. The maximum atomic E-state index is 5.55. The minimum Gasteiger partial charge on any atom is -0.526 e. The number of hydrogen-bond donors (Lipinski definition) is 0. The third-order valence-corrected chi connectivity index (χ3v) is 2.76. The summed E-state index contributed by atoms with van der Waals surface area (Å²) in [7, 11) is 0.377. The number of hydrogen-bond acceptors (Lipinski definition) is 2. The van der Waals surface area contributed by atoms with Crippen LogP contribution in [0.3, 0.4) is 0 Å². The Hall–Kier alpha value is -1.12. The van der Waals surface area contributed by atoms with Gasteiger partial charge in [-0.05, 0) is 30.0 Å². The van der Waals surface area contributed by atoms with Crippen LogP contribution in [0.15, 0.2) is 12.1 Å². The van der Waals surface area contributed by atoms with E-state index in [4.69, 9.17) is 9.31 Å². The van der Waals surface area contributed by atoms with Gasteiger partial charge in [-0.1, -0.05) is 32.8 Å². The summed E-state index contributed by atoms with van der Waals surface area (Å²) >= 11 is 0. The molecule has 0 radical (unpaired) electrons. The summed E-state index contributed by atoms with van der Waals surface area (Å²) in [6, 6.07) is 4.22. The highest BCUT2D eigenvalue weighted by atomic mass is 16.6. The molecular weight excluding hydrogens is 187 g/mol. The van der Waals surface area contributed by atoms with Crippen molar-refractivity contribution in [3.8, 4) is 11.5 Å². The van der Waals surface area contributed by atoms with Crippen LogP contribution in [0.25, 0.3) is 0 Å². The Labute approximate surface area is 91.9 Å². The number of rotatable bonds is 4. The number of benzene rings is 1. The van der Waals surface area contributed by atoms with Gasteiger partial charge in [0, 0.05) is 0 Å². The van der Waals surface area contributed by atoms with Crippen molar-refractivity contribution in [2.24, 2.45) is 0 Å². The molecule has 2 nitrogen and oxygen atoms in total. The lowest BCUT2D eigenvalue weighted by Crippen LogP contribution is -2.01. The third kappa shape index (κ3) is 1.96. The van der Waals surface area contributed by atoms with Gasteiger partial charge in [0.25, 0.3) is 0 Å². The smallest absolute Gasteiger partial charge is 0.526 e. The van der Waals surface area contributed by atoms with E-state index in [1.54, 1.807) is 0 Å². The maximum absolute atomic E-state index is 5.55. The fourth-order valence-corrected chi connectivity index (χ4v) is 2.10. The van der Waals surface area contributed by atoms with Gasteiger partial charge in [0.05, 0.1) is 0 Å². The van der Waals surface area contributed by atoms with E-state index in [0.29, 0.717) is 7.69 Å². The molecule has 0 aromatic heterocycles. The second kappa shape index (κ2) is 4.60. The van der Waals surface area contributed by atoms with Gasteiger partial charge < -0.3 is 9.31 Å². The Bertz CT molecular complexity index is 350. The van der Waals surface area contributed by atoms with E-state index in [0.717, 1.165) is 30.8 Å². The highest BCUT2D eigenvalue weighted by molar-refractivity contribution is 6.23. The zero-order valence-corrected chi connectivity index (χ0v) is 9.51. The monoisotopic (exact) mass is 204 g/mol. The summed E-state index contributed by atoms with van der Waals surface area (Å²) < 4.78 is 10.9. The van der Waals surface area contributed by atoms with E-state index >= 15 is 0 Å². The summed E-state index contributed by atoms with van der Waals surface area (Å²) in [5.41, 5.74) is 2.78. The molecule has 1 aromatic rings. The van der Waals surface area contributed by atoms with Crippen molar-refractivity contribution < 1.29 is 9.31 Å². The Morgan fingerprint density at radius 1 is 1.07 bits per heavy atom. The zero-order chi connectivity index (χ0) is 10.7. The first-order valence-electron chi connectivity index (χ1n) is 5.77. The molecule has 0 spiro atoms. The van der Waals surface area contributed by atoms with E-state index in [1.807, 2.05) is 6.07 Å². The highest BCUT2D eigenvalue weighted by Gasteiger charge is 2.20. The van der Waals surface area contributed by atoms with Crippen molar-refractivity contribution >= 4 is 7.69 Å². The van der Waals surface area contributed by atoms with Gasteiger partial charge in [0.15, 0.2) is 0 Å². The van der Waals surface area contributed by atoms with Crippen LogP contribution < -0.4 is 9.31 Å². The lowest BCUT2D eigenvalue weighted by Gasteiger charge is -2.11. The van der Waals surface area contributed by atoms with Gasteiger partial charge in [-0.2, -0.15) is 0 Å². The van der Waals surface area contributed by atoms with Crippen LogP contribution in [-0.4, -0.2) is 7.69 Å². The minimum absolute atomic E-state index is 0.377. The predicted octanol–water partition coefficient (Wildman–Crippen LogP) is 2.63. The lowest BCUT2D eigenvalue weighted by molar-refractivity contribution is 0.538. The molecule has 0 unspecified atom stereocenters. The molecule has 0 atom stereocenters. The van der Waals surface area contributed by atoms with Crippen molar-refractivity contribution in [1.29, 1.82) is 0 Å². The standard InChI is InChI=1S/C12H17BO2/c1-3-5-9-7-8-11-12(15-13-14-11)10(9)6-4-2/h7-8,13H,3-6H2,1-2H3. The molecule has 1 aliphatic rings. The van der Waals surface area contributed by atoms with Crippen molar-refractivity contribution in [1.82, 2.24) is 0 Å². The zero-order valence-electron chi connectivity index (χ0n) is 9.51. The largest absolute Gasteiger partial charge is 0.576 e. The first kappa shape index (κ1) is 10.4. The SMILES string of the molecule is CCCc1ccc2c(c1CCC)OBO2. The Balaban J connectivity index is 2.38. The van der Waals surface area contributed by atoms with Crippen molar-refractivity contribution in [3.05, 3.63) is 23.3 Å². The fourth-order valence-electron chi connectivity index (χ4n) is 2.10. The van der Waals surface area contributed by atoms with Gasteiger partial charge >= 0.3 is 7.69 Å². The molecule has 0 bridgehead atoms. The summed E-state index contributed by atoms with van der Waals surface area (Å²) in [6.45, 7) is 4.41. The normalized spacial score (nSPS) is 12.7. The molecule has 0 saturated carbocycles. The molecule has 0 saturated heterocycles. The molecule has 1 aliphatic heterocycles. The summed E-state index contributed by atoms with van der Waals surface area (Å²) in [6.07, 6.45) is 4.54. The van der Waals surface area contributed by atoms with Gasteiger partial charge in [0.1, 0.15) is 11.5 Å². The molecule has 15 heavy (non-hydrogen) atoms. The summed E-state index contributed by atoms with van der Waals surface area (Å²) in [5, 5.41) is 0. The predicted molar refractivity (Wildman–Crippen MR) is 62.8 cm³/mol. The van der Waals surface area contributed by atoms with Gasteiger partial charge in [0.2, 0.25) is 0 Å². The Morgan fingerprint density at radius 2 is 1.87 bits per heavy atom. The average molecular weight is 204 g/mol. The van der Waals surface area contributed by atoms with Crippen LogP contribution in [0.2, 0.25) is 0 Å². The van der Waals surface area contributed by atoms with E-state index in [-0.39, 0.29) is 0 Å². The molecule has 0 N–H and O–H groups in total. The minimum atomic E-state index is 0.377.